The minimum absolute atomic E-state index is 0.189. The summed E-state index contributed by atoms with van der Waals surface area (Å²) in [6, 6.07) is 5.48. The molecule has 96 valence electrons. The molecule has 0 aliphatic heterocycles. The average Bonchev–Trinajstić information content (AvgIpc) is 2.53. The van der Waals surface area contributed by atoms with Gasteiger partial charge in [-0.25, -0.2) is 0 Å². The first-order valence-corrected chi connectivity index (χ1v) is 5.86. The van der Waals surface area contributed by atoms with Crippen LogP contribution in [0.4, 0.5) is 18.9 Å². The Morgan fingerprint density at radius 2 is 2.06 bits per heavy atom. The largest absolute Gasteiger partial charge is 0.406 e. The van der Waals surface area contributed by atoms with E-state index in [9.17, 15) is 23.3 Å². The third-order valence-electron chi connectivity index (χ3n) is 2.41. The first-order valence-electron chi connectivity index (χ1n) is 4.78. The number of nitro groups is 1. The number of hydrogen-bond donors (Lipinski definition) is 0. The predicted molar refractivity (Wildman–Crippen MR) is 67.4 cm³/mol. The number of non-ortho nitro benzene ring substituents is 1. The van der Waals surface area contributed by atoms with Crippen molar-refractivity contribution in [2.75, 3.05) is 0 Å². The number of nitrogens with zero attached hydrogens (tertiary/aromatic N) is 2. The van der Waals surface area contributed by atoms with Gasteiger partial charge in [0.15, 0.2) is 0 Å². The number of nitro benzene ring substituents is 1. The van der Waals surface area contributed by atoms with Gasteiger partial charge in [-0.05, 0) is 34.7 Å². The van der Waals surface area contributed by atoms with Crippen molar-refractivity contribution in [2.45, 2.75) is 12.7 Å². The van der Waals surface area contributed by atoms with Crippen LogP contribution in [0.25, 0.3) is 10.9 Å². The minimum Gasteiger partial charge on any atom is -0.327 e. The van der Waals surface area contributed by atoms with Crippen LogP contribution < -0.4 is 0 Å². The summed E-state index contributed by atoms with van der Waals surface area (Å²) >= 11 is 1.73. The fraction of sp³-hybridized carbons (Fsp3) is 0.200. The van der Waals surface area contributed by atoms with Crippen molar-refractivity contribution in [3.8, 4) is 0 Å². The monoisotopic (exact) mass is 370 g/mol. The summed E-state index contributed by atoms with van der Waals surface area (Å²) in [5, 5.41) is 11.0. The molecule has 0 saturated heterocycles. The molecule has 4 nitrogen and oxygen atoms in total. The molecule has 0 saturated carbocycles. The second-order valence-corrected chi connectivity index (χ2v) is 4.74. The lowest BCUT2D eigenvalue weighted by Gasteiger charge is -2.10. The number of aromatic nitrogens is 1. The summed E-state index contributed by atoms with van der Waals surface area (Å²) in [5.41, 5.74) is 0.0252. The summed E-state index contributed by atoms with van der Waals surface area (Å²) in [4.78, 5) is 10.2. The van der Waals surface area contributed by atoms with Crippen LogP contribution >= 0.6 is 22.6 Å². The van der Waals surface area contributed by atoms with Crippen molar-refractivity contribution in [1.82, 2.24) is 4.57 Å². The van der Waals surface area contributed by atoms with Crippen molar-refractivity contribution >= 4 is 39.2 Å². The fourth-order valence-corrected chi connectivity index (χ4v) is 2.48. The van der Waals surface area contributed by atoms with Gasteiger partial charge < -0.3 is 4.57 Å². The molecule has 2 rings (SSSR count). The SMILES string of the molecule is O=[N+]([O-])c1cccc2c1cc(I)n2CC(F)(F)F. The van der Waals surface area contributed by atoms with E-state index in [1.807, 2.05) is 0 Å². The normalized spacial score (nSPS) is 12.0. The van der Waals surface area contributed by atoms with E-state index < -0.39 is 17.6 Å². The number of benzene rings is 1. The van der Waals surface area contributed by atoms with Crippen molar-refractivity contribution < 1.29 is 18.1 Å². The lowest BCUT2D eigenvalue weighted by atomic mass is 10.2. The quantitative estimate of drug-likeness (QED) is 0.460. The standard InChI is InChI=1S/C10H6F3IN2O2/c11-10(12,13)5-15-7-2-1-3-8(16(17)18)6(7)4-9(15)14/h1-4H,5H2. The Hall–Kier alpha value is -1.32. The molecule has 0 N–H and O–H groups in total. The molecule has 0 aliphatic carbocycles. The number of alkyl halides is 3. The molecule has 2 aromatic rings. The van der Waals surface area contributed by atoms with Crippen LogP contribution in [0.3, 0.4) is 0 Å². The summed E-state index contributed by atoms with van der Waals surface area (Å²) in [7, 11) is 0. The van der Waals surface area contributed by atoms with E-state index >= 15 is 0 Å². The van der Waals surface area contributed by atoms with Crippen LogP contribution in [-0.4, -0.2) is 15.7 Å². The fourth-order valence-electron chi connectivity index (χ4n) is 1.74. The Morgan fingerprint density at radius 3 is 2.61 bits per heavy atom. The predicted octanol–water partition coefficient (Wildman–Crippen LogP) is 3.72. The second kappa shape index (κ2) is 4.41. The molecule has 0 radical (unpaired) electrons. The van der Waals surface area contributed by atoms with Crippen molar-refractivity contribution in [1.29, 1.82) is 0 Å². The maximum absolute atomic E-state index is 12.4. The zero-order chi connectivity index (χ0) is 13.5. The zero-order valence-electron chi connectivity index (χ0n) is 8.74. The minimum atomic E-state index is -4.36. The Morgan fingerprint density at radius 1 is 1.39 bits per heavy atom. The van der Waals surface area contributed by atoms with E-state index in [4.69, 9.17) is 0 Å². The number of halogens is 4. The van der Waals surface area contributed by atoms with Crippen molar-refractivity contribution in [3.63, 3.8) is 0 Å². The highest BCUT2D eigenvalue weighted by Gasteiger charge is 2.30. The van der Waals surface area contributed by atoms with Gasteiger partial charge in [0.05, 0.1) is 19.5 Å². The lowest BCUT2D eigenvalue weighted by molar-refractivity contribution is -0.383. The first-order chi connectivity index (χ1) is 8.29. The van der Waals surface area contributed by atoms with E-state index in [2.05, 4.69) is 0 Å². The van der Waals surface area contributed by atoms with E-state index in [1.54, 1.807) is 22.6 Å². The summed E-state index contributed by atoms with van der Waals surface area (Å²) in [6.07, 6.45) is -4.36. The highest BCUT2D eigenvalue weighted by Crippen LogP contribution is 2.31. The topological polar surface area (TPSA) is 48.1 Å². The van der Waals surface area contributed by atoms with Crippen molar-refractivity contribution in [2.24, 2.45) is 0 Å². The maximum atomic E-state index is 12.4. The Balaban J connectivity index is 2.66. The zero-order valence-corrected chi connectivity index (χ0v) is 10.9. The molecule has 0 fully saturated rings. The third kappa shape index (κ3) is 2.42. The number of hydrogen-bond acceptors (Lipinski definition) is 2. The van der Waals surface area contributed by atoms with Crippen LogP contribution in [0, 0.1) is 13.8 Å². The Labute approximate surface area is 113 Å². The van der Waals surface area contributed by atoms with Gasteiger partial charge in [0.2, 0.25) is 0 Å². The summed E-state index contributed by atoms with van der Waals surface area (Å²) in [6.45, 7) is -1.16. The van der Waals surface area contributed by atoms with Gasteiger partial charge in [0, 0.05) is 6.07 Å². The second-order valence-electron chi connectivity index (χ2n) is 3.64. The smallest absolute Gasteiger partial charge is 0.327 e. The number of rotatable bonds is 2. The van der Waals surface area contributed by atoms with Crippen LogP contribution in [-0.2, 0) is 6.54 Å². The third-order valence-corrected chi connectivity index (χ3v) is 3.30. The Kier molecular flexibility index (Phi) is 3.21. The summed E-state index contributed by atoms with van der Waals surface area (Å²) in [5.74, 6) is 0. The van der Waals surface area contributed by atoms with Gasteiger partial charge in [-0.1, -0.05) is 6.07 Å². The molecule has 0 aliphatic rings. The van der Waals surface area contributed by atoms with E-state index in [1.165, 1.54) is 24.3 Å². The first kappa shape index (κ1) is 13.1. The molecule has 1 aromatic carbocycles. The van der Waals surface area contributed by atoms with Gasteiger partial charge in [-0.2, -0.15) is 13.2 Å². The molecule has 0 amide bonds. The maximum Gasteiger partial charge on any atom is 0.406 e. The molecule has 0 unspecified atom stereocenters. The van der Waals surface area contributed by atoms with Crippen LogP contribution in [0.15, 0.2) is 24.3 Å². The highest BCUT2D eigenvalue weighted by molar-refractivity contribution is 14.1. The van der Waals surface area contributed by atoms with E-state index in [0.29, 0.717) is 3.70 Å². The van der Waals surface area contributed by atoms with Crippen LogP contribution in [0.2, 0.25) is 0 Å². The van der Waals surface area contributed by atoms with Gasteiger partial charge >= 0.3 is 6.18 Å². The van der Waals surface area contributed by atoms with E-state index in [-0.39, 0.29) is 16.6 Å². The van der Waals surface area contributed by atoms with Crippen LogP contribution in [0.5, 0.6) is 0 Å². The highest BCUT2D eigenvalue weighted by atomic mass is 127. The molecule has 18 heavy (non-hydrogen) atoms. The molecule has 0 atom stereocenters. The molecule has 0 bridgehead atoms. The van der Waals surface area contributed by atoms with Gasteiger partial charge in [-0.3, -0.25) is 10.1 Å². The molecule has 0 spiro atoms. The lowest BCUT2D eigenvalue weighted by Crippen LogP contribution is -2.18. The van der Waals surface area contributed by atoms with Crippen molar-refractivity contribution in [3.05, 3.63) is 38.1 Å². The molecule has 1 aromatic heterocycles. The average molecular weight is 370 g/mol. The molecule has 1 heterocycles. The van der Waals surface area contributed by atoms with Gasteiger partial charge in [0.25, 0.3) is 5.69 Å². The summed E-state index contributed by atoms with van der Waals surface area (Å²) < 4.78 is 38.6. The van der Waals surface area contributed by atoms with Gasteiger partial charge in [0.1, 0.15) is 6.54 Å². The van der Waals surface area contributed by atoms with Crippen LogP contribution in [0.1, 0.15) is 0 Å². The molecular weight excluding hydrogens is 364 g/mol. The Bertz CT molecular complexity index is 621. The van der Waals surface area contributed by atoms with Gasteiger partial charge in [-0.15, -0.1) is 0 Å². The molecular formula is C10H6F3IN2O2. The number of fused-ring (bicyclic) bond motifs is 1. The molecule has 8 heteroatoms. The van der Waals surface area contributed by atoms with E-state index in [0.717, 1.165) is 4.57 Å².